The first-order chi connectivity index (χ1) is 17.7. The van der Waals surface area contributed by atoms with Gasteiger partial charge in [0.2, 0.25) is 0 Å². The van der Waals surface area contributed by atoms with Gasteiger partial charge in [-0.3, -0.25) is 4.79 Å². The number of hydrogen-bond acceptors (Lipinski definition) is 3. The lowest BCUT2D eigenvalue weighted by atomic mass is 9.86. The highest BCUT2D eigenvalue weighted by molar-refractivity contribution is 6.04. The van der Waals surface area contributed by atoms with Crippen molar-refractivity contribution in [2.75, 3.05) is 31.5 Å². The van der Waals surface area contributed by atoms with Crippen LogP contribution in [0, 0.1) is 17.6 Å². The van der Waals surface area contributed by atoms with E-state index in [4.69, 9.17) is 0 Å². The molecular weight excluding hydrogens is 474 g/mol. The summed E-state index contributed by atoms with van der Waals surface area (Å²) < 4.78 is 27.2. The first-order valence-electron chi connectivity index (χ1n) is 13.4. The smallest absolute Gasteiger partial charge is 0.317 e. The summed E-state index contributed by atoms with van der Waals surface area (Å²) in [6, 6.07) is 9.43. The first kappa shape index (κ1) is 27.0. The van der Waals surface area contributed by atoms with Crippen molar-refractivity contribution >= 4 is 17.6 Å². The Hall–Kier alpha value is -3.00. The van der Waals surface area contributed by atoms with Crippen molar-refractivity contribution in [2.45, 2.75) is 65.0 Å². The van der Waals surface area contributed by atoms with Gasteiger partial charge in [0.25, 0.3) is 5.91 Å². The average molecular weight is 513 g/mol. The molecule has 0 aromatic heterocycles. The summed E-state index contributed by atoms with van der Waals surface area (Å²) in [5.74, 6) is -1.61. The van der Waals surface area contributed by atoms with Gasteiger partial charge in [-0.05, 0) is 93.8 Å². The van der Waals surface area contributed by atoms with Gasteiger partial charge in [-0.1, -0.05) is 13.0 Å². The van der Waals surface area contributed by atoms with E-state index >= 15 is 0 Å². The summed E-state index contributed by atoms with van der Waals surface area (Å²) in [5, 5.41) is 5.75. The second-order valence-corrected chi connectivity index (χ2v) is 10.6. The minimum atomic E-state index is -0.875. The van der Waals surface area contributed by atoms with E-state index in [0.29, 0.717) is 17.6 Å². The normalized spacial score (nSPS) is 18.1. The van der Waals surface area contributed by atoms with Crippen molar-refractivity contribution in [3.8, 4) is 0 Å². The van der Waals surface area contributed by atoms with Crippen LogP contribution in [0.5, 0.6) is 0 Å². The molecule has 1 heterocycles. The minimum Gasteiger partial charge on any atom is -0.336 e. The molecule has 1 aliphatic carbocycles. The summed E-state index contributed by atoms with van der Waals surface area (Å²) in [4.78, 5) is 29.4. The van der Waals surface area contributed by atoms with Crippen LogP contribution in [0.25, 0.3) is 0 Å². The van der Waals surface area contributed by atoms with Crippen molar-refractivity contribution in [1.29, 1.82) is 0 Å². The number of likely N-dealkylation sites (N-methyl/N-ethyl adjacent to an activating group) is 1. The molecule has 1 atom stereocenters. The van der Waals surface area contributed by atoms with Gasteiger partial charge in [-0.2, -0.15) is 0 Å². The summed E-state index contributed by atoms with van der Waals surface area (Å²) >= 11 is 0. The molecule has 4 rings (SSSR count). The minimum absolute atomic E-state index is 0.0368. The van der Waals surface area contributed by atoms with Gasteiger partial charge >= 0.3 is 6.03 Å². The molecule has 8 heteroatoms. The Kier molecular flexibility index (Phi) is 8.79. The molecule has 200 valence electrons. The SMILES string of the molecule is CCN(CC1CCN(C(=O)NC(C)C)CC1)C1CCc2ccc(NC(=O)c3ccc(F)cc3F)cc2C1. The van der Waals surface area contributed by atoms with Gasteiger partial charge in [-0.15, -0.1) is 0 Å². The molecule has 1 fully saturated rings. The molecule has 1 aliphatic heterocycles. The van der Waals surface area contributed by atoms with Crippen molar-refractivity contribution < 1.29 is 18.4 Å². The highest BCUT2D eigenvalue weighted by Crippen LogP contribution is 2.29. The number of fused-ring (bicyclic) bond motifs is 1. The lowest BCUT2D eigenvalue weighted by Crippen LogP contribution is -2.48. The quantitative estimate of drug-likeness (QED) is 0.534. The van der Waals surface area contributed by atoms with E-state index in [1.807, 2.05) is 36.9 Å². The number of anilines is 1. The van der Waals surface area contributed by atoms with Gasteiger partial charge < -0.3 is 20.4 Å². The number of piperidine rings is 1. The van der Waals surface area contributed by atoms with Crippen LogP contribution in [-0.2, 0) is 12.8 Å². The van der Waals surface area contributed by atoms with Crippen molar-refractivity contribution in [1.82, 2.24) is 15.1 Å². The average Bonchev–Trinajstić information content (AvgIpc) is 2.86. The molecule has 2 aromatic carbocycles. The second-order valence-electron chi connectivity index (χ2n) is 10.6. The highest BCUT2D eigenvalue weighted by atomic mass is 19.1. The zero-order chi connectivity index (χ0) is 26.5. The number of likely N-dealkylation sites (tertiary alicyclic amines) is 1. The zero-order valence-electron chi connectivity index (χ0n) is 22.0. The fraction of sp³-hybridized carbons (Fsp3) is 0.517. The highest BCUT2D eigenvalue weighted by Gasteiger charge is 2.29. The van der Waals surface area contributed by atoms with Crippen LogP contribution in [0.2, 0.25) is 0 Å². The summed E-state index contributed by atoms with van der Waals surface area (Å²) in [6.07, 6.45) is 4.99. The number of amides is 3. The number of urea groups is 1. The second kappa shape index (κ2) is 12.0. The Morgan fingerprint density at radius 1 is 1.05 bits per heavy atom. The maximum absolute atomic E-state index is 14.0. The lowest BCUT2D eigenvalue weighted by Gasteiger charge is -2.39. The molecule has 0 saturated carbocycles. The standard InChI is InChI=1S/C29H38F2N4O2/c1-4-34(18-20-11-13-35(14-12-20)29(37)32-19(2)3)25-9-6-21-5-8-24(15-22(21)16-25)33-28(36)26-10-7-23(30)17-27(26)31/h5,7-8,10,15,17,19-20,25H,4,6,9,11-14,16,18H2,1-3H3,(H,32,37)(H,33,36). The molecule has 2 aromatic rings. The van der Waals surface area contributed by atoms with E-state index in [2.05, 4.69) is 22.5 Å². The molecule has 2 N–H and O–H groups in total. The molecule has 37 heavy (non-hydrogen) atoms. The van der Waals surface area contributed by atoms with Crippen LogP contribution in [-0.4, -0.2) is 60.0 Å². The molecule has 0 spiro atoms. The number of hydrogen-bond donors (Lipinski definition) is 2. The van der Waals surface area contributed by atoms with E-state index in [0.717, 1.165) is 76.5 Å². The topological polar surface area (TPSA) is 64.7 Å². The summed E-state index contributed by atoms with van der Waals surface area (Å²) in [7, 11) is 0. The molecule has 0 radical (unpaired) electrons. The number of benzene rings is 2. The predicted molar refractivity (Wildman–Crippen MR) is 142 cm³/mol. The van der Waals surface area contributed by atoms with Gasteiger partial charge in [0, 0.05) is 43.5 Å². The van der Waals surface area contributed by atoms with Gasteiger partial charge in [-0.25, -0.2) is 13.6 Å². The molecule has 1 saturated heterocycles. The van der Waals surface area contributed by atoms with Crippen LogP contribution in [0.3, 0.4) is 0 Å². The van der Waals surface area contributed by atoms with E-state index in [1.54, 1.807) is 0 Å². The number of carbonyl (C=O) groups is 2. The number of carbonyl (C=O) groups excluding carboxylic acids is 2. The van der Waals surface area contributed by atoms with Crippen LogP contribution in [0.4, 0.5) is 19.3 Å². The lowest BCUT2D eigenvalue weighted by molar-refractivity contribution is 0.102. The van der Waals surface area contributed by atoms with Crippen molar-refractivity contribution in [3.63, 3.8) is 0 Å². The molecule has 1 unspecified atom stereocenters. The first-order valence-corrected chi connectivity index (χ1v) is 13.4. The summed E-state index contributed by atoms with van der Waals surface area (Å²) in [6.45, 7) is 9.75. The third-order valence-electron chi connectivity index (χ3n) is 7.57. The van der Waals surface area contributed by atoms with Crippen LogP contribution in [0.15, 0.2) is 36.4 Å². The largest absolute Gasteiger partial charge is 0.336 e. The van der Waals surface area contributed by atoms with Gasteiger partial charge in [0.05, 0.1) is 5.56 Å². The number of nitrogens with zero attached hydrogens (tertiary/aromatic N) is 2. The van der Waals surface area contributed by atoms with E-state index in [1.165, 1.54) is 11.1 Å². The van der Waals surface area contributed by atoms with Crippen LogP contribution < -0.4 is 10.6 Å². The van der Waals surface area contributed by atoms with Gasteiger partial charge in [0.1, 0.15) is 11.6 Å². The van der Waals surface area contributed by atoms with Crippen molar-refractivity contribution in [2.24, 2.45) is 5.92 Å². The molecule has 6 nitrogen and oxygen atoms in total. The number of nitrogens with one attached hydrogen (secondary N) is 2. The maximum atomic E-state index is 14.0. The Balaban J connectivity index is 1.35. The molecular formula is C29H38F2N4O2. The zero-order valence-corrected chi connectivity index (χ0v) is 22.0. The summed E-state index contributed by atoms with van der Waals surface area (Å²) in [5.41, 5.74) is 2.92. The van der Waals surface area contributed by atoms with E-state index < -0.39 is 17.5 Å². The van der Waals surface area contributed by atoms with Crippen molar-refractivity contribution in [3.05, 3.63) is 64.7 Å². The number of aryl methyl sites for hydroxylation is 1. The van der Waals surface area contributed by atoms with Crippen LogP contribution in [0.1, 0.15) is 61.5 Å². The molecule has 0 bridgehead atoms. The fourth-order valence-electron chi connectivity index (χ4n) is 5.52. The van der Waals surface area contributed by atoms with E-state index in [-0.39, 0.29) is 17.6 Å². The van der Waals surface area contributed by atoms with E-state index in [9.17, 15) is 18.4 Å². The number of rotatable bonds is 7. The number of halogens is 2. The fourth-order valence-corrected chi connectivity index (χ4v) is 5.52. The molecule has 2 aliphatic rings. The molecule has 3 amide bonds. The Labute approximate surface area is 218 Å². The monoisotopic (exact) mass is 512 g/mol. The predicted octanol–water partition coefficient (Wildman–Crippen LogP) is 5.23. The third kappa shape index (κ3) is 6.86. The Morgan fingerprint density at radius 3 is 2.49 bits per heavy atom. The Morgan fingerprint density at radius 2 is 1.81 bits per heavy atom. The van der Waals surface area contributed by atoms with Gasteiger partial charge in [0.15, 0.2) is 0 Å². The van der Waals surface area contributed by atoms with Crippen LogP contribution >= 0.6 is 0 Å². The Bertz CT molecular complexity index is 1120. The third-order valence-corrected chi connectivity index (χ3v) is 7.57. The maximum Gasteiger partial charge on any atom is 0.317 e.